The van der Waals surface area contributed by atoms with Crippen LogP contribution in [0.25, 0.3) is 0 Å². The van der Waals surface area contributed by atoms with Gasteiger partial charge in [0.15, 0.2) is 0 Å². The van der Waals surface area contributed by atoms with Gasteiger partial charge in [-0.1, -0.05) is 56.3 Å². The molecule has 0 saturated heterocycles. The monoisotopic (exact) mass is 282 g/mol. The summed E-state index contributed by atoms with van der Waals surface area (Å²) in [5, 5.41) is 3.44. The van der Waals surface area contributed by atoms with Crippen molar-refractivity contribution in [2.45, 2.75) is 39.3 Å². The molecule has 0 heterocycles. The van der Waals surface area contributed by atoms with Crippen LogP contribution in [0.3, 0.4) is 0 Å². The molecule has 0 spiro atoms. The molecular formula is C19H26N2. The Labute approximate surface area is 128 Å². The lowest BCUT2D eigenvalue weighted by atomic mass is 9.98. The molecule has 2 aromatic carbocycles. The topological polar surface area (TPSA) is 38.0 Å². The third kappa shape index (κ3) is 5.24. The van der Waals surface area contributed by atoms with Crippen LogP contribution in [0.2, 0.25) is 0 Å². The lowest BCUT2D eigenvalue weighted by Crippen LogP contribution is -2.11. The smallest absolute Gasteiger partial charge is 0.0400 e. The first-order valence-corrected chi connectivity index (χ1v) is 7.78. The molecular weight excluding hydrogens is 256 g/mol. The molecule has 0 unspecified atom stereocenters. The van der Waals surface area contributed by atoms with E-state index in [-0.39, 0.29) is 6.04 Å². The highest BCUT2D eigenvalue weighted by Gasteiger charge is 2.07. The summed E-state index contributed by atoms with van der Waals surface area (Å²) in [6.45, 7) is 5.33. The molecule has 2 heteroatoms. The fourth-order valence-corrected chi connectivity index (χ4v) is 2.33. The van der Waals surface area contributed by atoms with Crippen molar-refractivity contribution in [3.05, 3.63) is 65.7 Å². The number of nitrogens with two attached hydrogens (primary N) is 1. The van der Waals surface area contributed by atoms with Crippen molar-refractivity contribution in [3.63, 3.8) is 0 Å². The van der Waals surface area contributed by atoms with Gasteiger partial charge in [-0.2, -0.15) is 0 Å². The summed E-state index contributed by atoms with van der Waals surface area (Å²) >= 11 is 0. The molecule has 0 fully saturated rings. The van der Waals surface area contributed by atoms with E-state index in [2.05, 4.69) is 67.7 Å². The zero-order valence-corrected chi connectivity index (χ0v) is 13.0. The van der Waals surface area contributed by atoms with Gasteiger partial charge < -0.3 is 11.1 Å². The molecule has 0 aliphatic rings. The Balaban J connectivity index is 1.87. The lowest BCUT2D eigenvalue weighted by molar-refractivity contribution is 0.507. The first-order valence-electron chi connectivity index (χ1n) is 7.78. The zero-order chi connectivity index (χ0) is 15.1. The SMILES string of the molecule is CC(C)CC[C@@H](N)c1ccc(NCc2ccccc2)cc1. The van der Waals surface area contributed by atoms with Gasteiger partial charge in [0.2, 0.25) is 0 Å². The molecule has 2 nitrogen and oxygen atoms in total. The normalized spacial score (nSPS) is 12.4. The second kappa shape index (κ2) is 7.84. The van der Waals surface area contributed by atoms with Crippen LogP contribution in [0.5, 0.6) is 0 Å². The van der Waals surface area contributed by atoms with Gasteiger partial charge in [0.25, 0.3) is 0 Å². The second-order valence-electron chi connectivity index (χ2n) is 6.04. The fourth-order valence-electron chi connectivity index (χ4n) is 2.33. The first-order chi connectivity index (χ1) is 10.1. The van der Waals surface area contributed by atoms with Crippen molar-refractivity contribution in [3.8, 4) is 0 Å². The maximum atomic E-state index is 6.24. The highest BCUT2D eigenvalue weighted by Crippen LogP contribution is 2.20. The van der Waals surface area contributed by atoms with E-state index in [4.69, 9.17) is 5.73 Å². The highest BCUT2D eigenvalue weighted by atomic mass is 14.9. The van der Waals surface area contributed by atoms with Crippen molar-refractivity contribution in [2.75, 3.05) is 5.32 Å². The summed E-state index contributed by atoms with van der Waals surface area (Å²) in [6, 6.07) is 19.1. The maximum Gasteiger partial charge on any atom is 0.0400 e. The molecule has 0 aliphatic heterocycles. The maximum absolute atomic E-state index is 6.24. The van der Waals surface area contributed by atoms with Crippen LogP contribution in [0.4, 0.5) is 5.69 Å². The van der Waals surface area contributed by atoms with E-state index in [9.17, 15) is 0 Å². The van der Waals surface area contributed by atoms with E-state index in [1.165, 1.54) is 17.5 Å². The van der Waals surface area contributed by atoms with Crippen molar-refractivity contribution < 1.29 is 0 Å². The van der Waals surface area contributed by atoms with Gasteiger partial charge in [-0.15, -0.1) is 0 Å². The zero-order valence-electron chi connectivity index (χ0n) is 13.0. The Morgan fingerprint density at radius 2 is 1.57 bits per heavy atom. The Kier molecular flexibility index (Phi) is 5.82. The molecule has 1 atom stereocenters. The van der Waals surface area contributed by atoms with Gasteiger partial charge in [0.1, 0.15) is 0 Å². The summed E-state index contributed by atoms with van der Waals surface area (Å²) in [4.78, 5) is 0. The largest absolute Gasteiger partial charge is 0.381 e. The summed E-state index contributed by atoms with van der Waals surface area (Å²) < 4.78 is 0. The van der Waals surface area contributed by atoms with Crippen LogP contribution < -0.4 is 11.1 Å². The quantitative estimate of drug-likeness (QED) is 0.770. The minimum Gasteiger partial charge on any atom is -0.381 e. The molecule has 0 aliphatic carbocycles. The third-order valence-electron chi connectivity index (χ3n) is 3.73. The Morgan fingerprint density at radius 1 is 0.905 bits per heavy atom. The Morgan fingerprint density at radius 3 is 2.19 bits per heavy atom. The minimum atomic E-state index is 0.149. The van der Waals surface area contributed by atoms with Crippen LogP contribution >= 0.6 is 0 Å². The van der Waals surface area contributed by atoms with Gasteiger partial charge in [0.05, 0.1) is 0 Å². The highest BCUT2D eigenvalue weighted by molar-refractivity contribution is 5.45. The third-order valence-corrected chi connectivity index (χ3v) is 3.73. The van der Waals surface area contributed by atoms with E-state index >= 15 is 0 Å². The van der Waals surface area contributed by atoms with Crippen molar-refractivity contribution in [1.29, 1.82) is 0 Å². The van der Waals surface area contributed by atoms with Crippen LogP contribution in [0.1, 0.15) is 43.9 Å². The fraction of sp³-hybridized carbons (Fsp3) is 0.368. The number of hydrogen-bond donors (Lipinski definition) is 2. The molecule has 0 amide bonds. The molecule has 2 aromatic rings. The van der Waals surface area contributed by atoms with Gasteiger partial charge in [-0.25, -0.2) is 0 Å². The average molecular weight is 282 g/mol. The molecule has 0 radical (unpaired) electrons. The van der Waals surface area contributed by atoms with Crippen molar-refractivity contribution >= 4 is 5.69 Å². The van der Waals surface area contributed by atoms with Crippen LogP contribution in [0.15, 0.2) is 54.6 Å². The van der Waals surface area contributed by atoms with E-state index < -0.39 is 0 Å². The predicted molar refractivity (Wildman–Crippen MR) is 91.2 cm³/mol. The van der Waals surface area contributed by atoms with Crippen LogP contribution in [-0.2, 0) is 6.54 Å². The Hall–Kier alpha value is -1.80. The summed E-state index contributed by atoms with van der Waals surface area (Å²) in [5.41, 5.74) is 9.89. The number of benzene rings is 2. The molecule has 0 aromatic heterocycles. The Bertz CT molecular complexity index is 517. The molecule has 3 N–H and O–H groups in total. The van der Waals surface area contributed by atoms with E-state index in [1.807, 2.05) is 6.07 Å². The molecule has 21 heavy (non-hydrogen) atoms. The molecule has 0 bridgehead atoms. The average Bonchev–Trinajstić information content (AvgIpc) is 2.52. The summed E-state index contributed by atoms with van der Waals surface area (Å²) in [5.74, 6) is 0.711. The van der Waals surface area contributed by atoms with Crippen LogP contribution in [-0.4, -0.2) is 0 Å². The first kappa shape index (κ1) is 15.6. The number of anilines is 1. The number of rotatable bonds is 7. The van der Waals surface area contributed by atoms with E-state index in [0.717, 1.165) is 18.7 Å². The van der Waals surface area contributed by atoms with E-state index in [1.54, 1.807) is 0 Å². The predicted octanol–water partition coefficient (Wildman–Crippen LogP) is 4.73. The minimum absolute atomic E-state index is 0.149. The van der Waals surface area contributed by atoms with Gasteiger partial charge in [-0.05, 0) is 42.0 Å². The molecule has 0 saturated carbocycles. The van der Waals surface area contributed by atoms with Crippen molar-refractivity contribution in [2.24, 2.45) is 11.7 Å². The number of hydrogen-bond acceptors (Lipinski definition) is 2. The van der Waals surface area contributed by atoms with Crippen LogP contribution in [0, 0.1) is 5.92 Å². The molecule has 2 rings (SSSR count). The van der Waals surface area contributed by atoms with Gasteiger partial charge >= 0.3 is 0 Å². The molecule has 112 valence electrons. The lowest BCUT2D eigenvalue weighted by Gasteiger charge is -2.14. The van der Waals surface area contributed by atoms with Gasteiger partial charge in [0, 0.05) is 18.3 Å². The standard InChI is InChI=1S/C19H26N2/c1-15(2)8-13-19(20)17-9-11-18(12-10-17)21-14-16-6-4-3-5-7-16/h3-7,9-12,15,19,21H,8,13-14,20H2,1-2H3/t19-/m1/s1. The summed E-state index contributed by atoms with van der Waals surface area (Å²) in [6.07, 6.45) is 2.23. The summed E-state index contributed by atoms with van der Waals surface area (Å²) in [7, 11) is 0. The second-order valence-corrected chi connectivity index (χ2v) is 6.04. The number of nitrogens with one attached hydrogen (secondary N) is 1. The van der Waals surface area contributed by atoms with Gasteiger partial charge in [-0.3, -0.25) is 0 Å². The van der Waals surface area contributed by atoms with E-state index in [0.29, 0.717) is 5.92 Å². The van der Waals surface area contributed by atoms with Crippen molar-refractivity contribution in [1.82, 2.24) is 0 Å².